The van der Waals surface area contributed by atoms with Crippen molar-refractivity contribution in [1.29, 1.82) is 0 Å². The smallest absolute Gasteiger partial charge is 0.323 e. The number of thiophene rings is 3. The molecule has 0 fully saturated rings. The van der Waals surface area contributed by atoms with E-state index in [4.69, 9.17) is 73.0 Å². The second-order valence-electron chi connectivity index (χ2n) is 34.1. The summed E-state index contributed by atoms with van der Waals surface area (Å²) in [5.74, 6) is -4.08. The van der Waals surface area contributed by atoms with E-state index in [1.54, 1.807) is 98.8 Å². The maximum absolute atomic E-state index is 14.3. The van der Waals surface area contributed by atoms with E-state index in [9.17, 15) is 61.1 Å². The minimum atomic E-state index is -0.705. The average Bonchev–Trinajstić information content (AvgIpc) is 1.61. The van der Waals surface area contributed by atoms with Crippen molar-refractivity contribution in [3.63, 3.8) is 0 Å². The van der Waals surface area contributed by atoms with Crippen LogP contribution in [0.4, 0.5) is 13.2 Å². The Bertz CT molecular complexity index is 6370. The molecule has 0 saturated carbocycles. The van der Waals surface area contributed by atoms with Crippen molar-refractivity contribution in [2.45, 2.75) is 124 Å². The molecule has 11 aromatic rings. The molecule has 3 atom stereocenters. The number of esters is 4. The number of rotatable bonds is 52. The lowest BCUT2D eigenvalue weighted by molar-refractivity contribution is -0.157. The molecule has 8 aromatic carbocycles. The SMILES string of the molecule is COCC/C(=N\N(C)C(=O)CCC(=O)c1ccc(OCCOC(=O)[C@@H](N)C(C)C)c(OC)c1)c1csc2c(F)cccc12.COCC/C(=N\NC(=O)CCC(=O)c1ccc(OCCOC(=O)[C@@H](CC(=O)OCC2c3ccccc3-c3ccccc32)C(C)C)c(OC)c1)c1csc2c(F)cccc12.COCC/C(=N\NC(=O)CCC(=O)c1ccc(OCCOC(=O)[C@@H](N)C(C)C)c(OC)c1)c1csc2c(F)cccc12.Cl.S.S. The highest BCUT2D eigenvalue weighted by molar-refractivity contribution is 7.59. The van der Waals surface area contributed by atoms with E-state index in [-0.39, 0.29) is 201 Å². The number of fused-ring (bicyclic) bond motifs is 6. The van der Waals surface area contributed by atoms with Gasteiger partial charge in [0.15, 0.2) is 51.8 Å². The fourth-order valence-corrected chi connectivity index (χ4v) is 18.0. The number of nitrogens with one attached hydrogen (secondary N) is 2. The zero-order valence-electron chi connectivity index (χ0n) is 84.0. The summed E-state index contributed by atoms with van der Waals surface area (Å²) in [6.07, 6.45) is 0.607. The molecule has 0 radical (unpaired) electrons. The van der Waals surface area contributed by atoms with Gasteiger partial charge in [-0.1, -0.05) is 126 Å². The van der Waals surface area contributed by atoms with Crippen LogP contribution in [-0.4, -0.2) is 209 Å². The number of carbonyl (C=O) groups is 10. The van der Waals surface area contributed by atoms with Gasteiger partial charge in [-0.15, -0.1) is 46.4 Å². The number of amides is 3. The van der Waals surface area contributed by atoms with Gasteiger partial charge in [-0.3, -0.25) is 47.9 Å². The quantitative estimate of drug-likeness (QED) is 0.00687. The van der Waals surface area contributed by atoms with Crippen molar-refractivity contribution >= 4 is 180 Å². The Morgan fingerprint density at radius 1 is 0.395 bits per heavy atom. The molecular formula is C107H126ClF3N8O23S5. The lowest BCUT2D eigenvalue weighted by atomic mass is 9.92. The molecule has 6 N–H and O–H groups in total. The zero-order chi connectivity index (χ0) is 104. The molecule has 0 unspecified atom stereocenters. The number of halogens is 4. The van der Waals surface area contributed by atoms with Crippen LogP contribution < -0.4 is 50.7 Å². The average molecular weight is 2140 g/mol. The Hall–Kier alpha value is -12.7. The van der Waals surface area contributed by atoms with Crippen molar-refractivity contribution in [1.82, 2.24) is 15.9 Å². The molecular weight excluding hydrogens is 2020 g/mol. The van der Waals surface area contributed by atoms with Crippen molar-refractivity contribution in [3.8, 4) is 45.6 Å². The monoisotopic (exact) mass is 2140 g/mol. The van der Waals surface area contributed by atoms with E-state index in [1.165, 1.54) is 104 Å². The van der Waals surface area contributed by atoms with Crippen LogP contribution in [0.2, 0.25) is 0 Å². The Morgan fingerprint density at radius 3 is 1.10 bits per heavy atom. The second kappa shape index (κ2) is 61.2. The predicted molar refractivity (Wildman–Crippen MR) is 574 cm³/mol. The molecule has 1 aliphatic rings. The third-order valence-corrected chi connectivity index (χ3v) is 26.3. The summed E-state index contributed by atoms with van der Waals surface area (Å²) < 4.78 is 115. The van der Waals surface area contributed by atoms with Crippen molar-refractivity contribution < 1.29 is 123 Å². The van der Waals surface area contributed by atoms with Crippen LogP contribution in [0.1, 0.15) is 171 Å². The minimum Gasteiger partial charge on any atom is -0.493 e. The van der Waals surface area contributed by atoms with Crippen LogP contribution in [0.15, 0.2) is 189 Å². The number of hydrogen-bond acceptors (Lipinski definition) is 31. The summed E-state index contributed by atoms with van der Waals surface area (Å²) in [5, 5.41) is 21.8. The van der Waals surface area contributed by atoms with E-state index in [0.717, 1.165) is 33.4 Å². The zero-order valence-corrected chi connectivity index (χ0v) is 89.3. The van der Waals surface area contributed by atoms with Gasteiger partial charge in [0.05, 0.1) is 84.7 Å². The minimum absolute atomic E-state index is 0. The van der Waals surface area contributed by atoms with Gasteiger partial charge in [0.2, 0.25) is 17.7 Å². The molecule has 3 aromatic heterocycles. The summed E-state index contributed by atoms with van der Waals surface area (Å²) in [5.41, 5.74) is 25.9. The first-order valence-electron chi connectivity index (χ1n) is 46.7. The largest absolute Gasteiger partial charge is 0.493 e. The van der Waals surface area contributed by atoms with Gasteiger partial charge in [0, 0.05) is 158 Å². The van der Waals surface area contributed by atoms with Gasteiger partial charge in [0.1, 0.15) is 75.8 Å². The lowest BCUT2D eigenvalue weighted by Crippen LogP contribution is -2.37. The number of hydrazone groups is 3. The summed E-state index contributed by atoms with van der Waals surface area (Å²) >= 11 is 3.79. The topological polar surface area (TPSA) is 407 Å². The third-order valence-electron chi connectivity index (χ3n) is 23.3. The Labute approximate surface area is 883 Å². The van der Waals surface area contributed by atoms with E-state index in [0.29, 0.717) is 137 Å². The normalized spacial score (nSPS) is 12.3. The second-order valence-corrected chi connectivity index (χ2v) is 36.7. The van der Waals surface area contributed by atoms with Gasteiger partial charge < -0.3 is 73.0 Å². The first-order chi connectivity index (χ1) is 69.3. The van der Waals surface area contributed by atoms with Crippen molar-refractivity contribution in [2.24, 2.45) is 50.4 Å². The molecule has 3 heterocycles. The van der Waals surface area contributed by atoms with Crippen LogP contribution >= 0.6 is 73.4 Å². The Kier molecular flexibility index (Phi) is 50.5. The van der Waals surface area contributed by atoms with E-state index >= 15 is 0 Å². The van der Waals surface area contributed by atoms with Gasteiger partial charge >= 0.3 is 23.9 Å². The molecule has 790 valence electrons. The number of ether oxygens (including phenoxy) is 13. The van der Waals surface area contributed by atoms with Gasteiger partial charge in [-0.05, 0) is 113 Å². The Balaban J connectivity index is 0.000000302. The molecule has 12 rings (SSSR count). The number of ketones is 3. The van der Waals surface area contributed by atoms with Crippen LogP contribution in [0, 0.1) is 41.1 Å². The fourth-order valence-electron chi connectivity index (χ4n) is 15.0. The number of hydrogen-bond donors (Lipinski definition) is 4. The number of carbonyl (C=O) groups excluding carboxylic acids is 10. The highest BCUT2D eigenvalue weighted by Gasteiger charge is 2.33. The number of Topliss-reactive ketones (excluding diaryl/α,β-unsaturated/α-hetero) is 3. The van der Waals surface area contributed by atoms with Crippen LogP contribution in [-0.2, 0) is 66.7 Å². The standard InChI is InChI=1S/C46H47FN2O9S.C31H38FN3O7S.C30H36FN3O7S.ClH.2H2S/c1-28(2)35(25-44(52)58-26-36-32-12-7-5-10-30(32)31-11-6-8-13-33(31)36)46(53)57-23-22-56-41-18-16-29(24-42(41)55-4)40(50)17-19-43(51)49-48-39(20-21-54-3)37-27-59-45-34(37)14-9-15-38(45)47;1-19(2)29(33)31(38)42-16-15-41-26-11-9-20(17-27(26)40-5)25(36)10-12-28(37)35(3)34-24(13-14-39-4)22-18-43-30-21(22)7-6-8-23(30)32;1-18(2)28(32)30(37)41-15-14-40-25-10-8-19(16-26(25)39-4)24(35)9-11-27(36)34-33-23(12-13-38-3)21-17-42-29-20(21)6-5-7-22(29)31;;;/h5-16,18,24,27-28,35-36H,17,19-23,25-26H2,1-4H3,(H,49,51);6-9,11,17-19,29H,10,12-16,33H2,1-5H3;5-8,10,16-18,28H,9,11-15,32H2,1-4H3,(H,34,36);1H;2*1H2/b48-39+;34-24+;33-23+;;;/t35-;29-;28-;;;/m000.../s1. The van der Waals surface area contributed by atoms with E-state index in [2.05, 4.69) is 50.4 Å². The third kappa shape index (κ3) is 34.5. The van der Waals surface area contributed by atoms with E-state index < -0.39 is 53.7 Å². The summed E-state index contributed by atoms with van der Waals surface area (Å²) in [6, 6.07) is 43.3. The lowest BCUT2D eigenvalue weighted by Gasteiger charge is -2.20. The van der Waals surface area contributed by atoms with Crippen molar-refractivity contribution in [2.75, 3.05) is 116 Å². The molecule has 40 heteroatoms. The first kappa shape index (κ1) is 121. The molecule has 0 spiro atoms. The predicted octanol–water partition coefficient (Wildman–Crippen LogP) is 18.4. The maximum atomic E-state index is 14.3. The van der Waals surface area contributed by atoms with Crippen LogP contribution in [0.25, 0.3) is 41.4 Å². The van der Waals surface area contributed by atoms with Crippen LogP contribution in [0.3, 0.4) is 0 Å². The molecule has 3 amide bonds. The highest BCUT2D eigenvalue weighted by Crippen LogP contribution is 2.45. The highest BCUT2D eigenvalue weighted by atomic mass is 35.5. The fraction of sp³-hybridized carbons (Fsp3) is 0.374. The summed E-state index contributed by atoms with van der Waals surface area (Å²) in [6.45, 7) is 12.3. The van der Waals surface area contributed by atoms with E-state index in [1.807, 2.05) is 77.3 Å². The Morgan fingerprint density at radius 2 is 0.741 bits per heavy atom. The first-order valence-corrected chi connectivity index (χ1v) is 49.3. The number of methoxy groups -OCH3 is 6. The van der Waals surface area contributed by atoms with Gasteiger partial charge in [-0.25, -0.2) is 29.0 Å². The summed E-state index contributed by atoms with van der Waals surface area (Å²) in [4.78, 5) is 127. The molecule has 147 heavy (non-hydrogen) atoms. The van der Waals surface area contributed by atoms with Gasteiger partial charge in [0.25, 0.3) is 0 Å². The molecule has 1 aliphatic carbocycles. The van der Waals surface area contributed by atoms with Crippen LogP contribution in [0.5, 0.6) is 34.5 Å². The number of nitrogens with two attached hydrogens (primary N) is 2. The number of nitrogens with zero attached hydrogens (tertiary/aromatic N) is 4. The maximum Gasteiger partial charge on any atom is 0.323 e. The molecule has 0 saturated heterocycles. The molecule has 0 bridgehead atoms. The van der Waals surface area contributed by atoms with Crippen molar-refractivity contribution in [3.05, 3.63) is 236 Å². The molecule has 31 nitrogen and oxygen atoms in total. The summed E-state index contributed by atoms with van der Waals surface area (Å²) in [7, 11) is 10.5. The molecule has 0 aliphatic heterocycles. The van der Waals surface area contributed by atoms with Gasteiger partial charge in [-0.2, -0.15) is 42.3 Å². The number of benzene rings is 8.